The van der Waals surface area contributed by atoms with Crippen molar-refractivity contribution in [1.29, 1.82) is 0 Å². The lowest BCUT2D eigenvalue weighted by molar-refractivity contribution is 0.0672. The van der Waals surface area contributed by atoms with Crippen LogP contribution in [0.1, 0.15) is 25.8 Å². The Hall–Kier alpha value is -2.61. The van der Waals surface area contributed by atoms with Crippen LogP contribution < -0.4 is 15.5 Å². The molecule has 2 rings (SSSR count). The molecule has 0 amide bonds. The lowest BCUT2D eigenvalue weighted by Crippen LogP contribution is -2.40. The molecule has 2 aromatic rings. The summed E-state index contributed by atoms with van der Waals surface area (Å²) in [6.45, 7) is 6.16. The van der Waals surface area contributed by atoms with E-state index in [2.05, 4.69) is 20.7 Å². The van der Waals surface area contributed by atoms with E-state index < -0.39 is 5.60 Å². The Bertz CT molecular complexity index is 774. The first-order valence-corrected chi connectivity index (χ1v) is 9.52. The number of anilines is 1. The van der Waals surface area contributed by atoms with Crippen molar-refractivity contribution in [2.45, 2.75) is 25.9 Å². The Balaban J connectivity index is 1.84. The number of guanidine groups is 1. The first-order valence-electron chi connectivity index (χ1n) is 9.52. The summed E-state index contributed by atoms with van der Waals surface area (Å²) in [5, 5.41) is 21.2. The summed E-state index contributed by atoms with van der Waals surface area (Å²) in [6, 6.07) is 6.57. The number of rotatable bonds is 9. The zero-order valence-electron chi connectivity index (χ0n) is 17.1. The van der Waals surface area contributed by atoms with Gasteiger partial charge in [-0.15, -0.1) is 0 Å². The van der Waals surface area contributed by atoms with E-state index in [1.54, 1.807) is 30.1 Å². The minimum Gasteiger partial charge on any atom is -0.383 e. The summed E-state index contributed by atoms with van der Waals surface area (Å²) < 4.78 is 15.0. The van der Waals surface area contributed by atoms with Gasteiger partial charge in [0.2, 0.25) is 0 Å². The number of hydrogen-bond acceptors (Lipinski definition) is 4. The van der Waals surface area contributed by atoms with Crippen LogP contribution in [0.25, 0.3) is 0 Å². The monoisotopic (exact) mass is 390 g/mol. The largest absolute Gasteiger partial charge is 0.383 e. The van der Waals surface area contributed by atoms with Gasteiger partial charge in [-0.2, -0.15) is 5.10 Å². The fourth-order valence-corrected chi connectivity index (χ4v) is 2.73. The van der Waals surface area contributed by atoms with Crippen molar-refractivity contribution in [3.05, 3.63) is 48.0 Å². The molecule has 0 saturated carbocycles. The number of nitrogens with zero attached hydrogens (tertiary/aromatic N) is 4. The van der Waals surface area contributed by atoms with Crippen molar-refractivity contribution in [1.82, 2.24) is 20.4 Å². The number of aliphatic imine (C=N–C) groups is 1. The van der Waals surface area contributed by atoms with Gasteiger partial charge in [0, 0.05) is 51.2 Å². The molecule has 0 aliphatic rings. The predicted molar refractivity (Wildman–Crippen MR) is 111 cm³/mol. The van der Waals surface area contributed by atoms with E-state index in [0.29, 0.717) is 12.5 Å². The van der Waals surface area contributed by atoms with E-state index in [1.165, 1.54) is 12.1 Å². The standard InChI is InChI=1S/C20H31FN6O/c1-5-22-19(24-15-20(2,28)16-13-25-27(4)14-16)23-10-7-11-26(3)18-9-6-8-17(21)12-18/h6,8-9,12-14,28H,5,7,10-11,15H2,1-4H3,(H2,22,23,24). The van der Waals surface area contributed by atoms with Crippen molar-refractivity contribution in [2.24, 2.45) is 12.0 Å². The van der Waals surface area contributed by atoms with Gasteiger partial charge in [0.15, 0.2) is 5.96 Å². The predicted octanol–water partition coefficient (Wildman–Crippen LogP) is 1.85. The van der Waals surface area contributed by atoms with E-state index in [4.69, 9.17) is 0 Å². The highest BCUT2D eigenvalue weighted by Gasteiger charge is 2.24. The Kier molecular flexibility index (Phi) is 7.80. The van der Waals surface area contributed by atoms with Gasteiger partial charge < -0.3 is 20.6 Å². The topological polar surface area (TPSA) is 77.7 Å². The van der Waals surface area contributed by atoms with Gasteiger partial charge in [-0.1, -0.05) is 6.07 Å². The maximum Gasteiger partial charge on any atom is 0.191 e. The van der Waals surface area contributed by atoms with Crippen molar-refractivity contribution >= 4 is 11.6 Å². The van der Waals surface area contributed by atoms with Crippen LogP contribution in [0.4, 0.5) is 10.1 Å². The van der Waals surface area contributed by atoms with E-state index in [0.717, 1.165) is 30.8 Å². The Morgan fingerprint density at radius 1 is 1.39 bits per heavy atom. The van der Waals surface area contributed by atoms with E-state index in [9.17, 15) is 9.50 Å². The molecule has 0 aliphatic heterocycles. The average Bonchev–Trinajstić information content (AvgIpc) is 3.10. The van der Waals surface area contributed by atoms with Crippen LogP contribution >= 0.6 is 0 Å². The van der Waals surface area contributed by atoms with Crippen LogP contribution in [0.2, 0.25) is 0 Å². The molecule has 1 heterocycles. The molecule has 3 N–H and O–H groups in total. The van der Waals surface area contributed by atoms with Crippen LogP contribution in [0.15, 0.2) is 41.7 Å². The fraction of sp³-hybridized carbons (Fsp3) is 0.500. The maximum atomic E-state index is 13.3. The highest BCUT2D eigenvalue weighted by atomic mass is 19.1. The molecular formula is C20H31FN6O. The second-order valence-corrected chi connectivity index (χ2v) is 7.05. The van der Waals surface area contributed by atoms with Crippen molar-refractivity contribution in [3.63, 3.8) is 0 Å². The van der Waals surface area contributed by atoms with Crippen LogP contribution in [-0.4, -0.2) is 54.1 Å². The quantitative estimate of drug-likeness (QED) is 0.346. The van der Waals surface area contributed by atoms with Gasteiger partial charge in [-0.3, -0.25) is 4.68 Å². The van der Waals surface area contributed by atoms with Gasteiger partial charge in [-0.05, 0) is 38.5 Å². The normalized spacial score (nSPS) is 13.9. The zero-order valence-corrected chi connectivity index (χ0v) is 17.1. The van der Waals surface area contributed by atoms with Crippen LogP contribution in [0.3, 0.4) is 0 Å². The van der Waals surface area contributed by atoms with Gasteiger partial charge in [0.05, 0.1) is 12.7 Å². The lowest BCUT2D eigenvalue weighted by Gasteiger charge is -2.21. The number of hydrogen-bond donors (Lipinski definition) is 3. The maximum absolute atomic E-state index is 13.3. The fourth-order valence-electron chi connectivity index (χ4n) is 2.73. The number of halogens is 1. The molecule has 1 unspecified atom stereocenters. The smallest absolute Gasteiger partial charge is 0.191 e. The first-order chi connectivity index (χ1) is 13.3. The highest BCUT2D eigenvalue weighted by molar-refractivity contribution is 5.79. The van der Waals surface area contributed by atoms with Crippen LogP contribution in [0, 0.1) is 5.82 Å². The summed E-state index contributed by atoms with van der Waals surface area (Å²) in [7, 11) is 3.76. The van der Waals surface area contributed by atoms with Crippen molar-refractivity contribution in [3.8, 4) is 0 Å². The van der Waals surface area contributed by atoms with Crippen LogP contribution in [0.5, 0.6) is 0 Å². The number of aromatic nitrogens is 2. The Labute approximate surface area is 166 Å². The summed E-state index contributed by atoms with van der Waals surface area (Å²) in [5.41, 5.74) is 0.494. The summed E-state index contributed by atoms with van der Waals surface area (Å²) in [4.78, 5) is 6.52. The molecular weight excluding hydrogens is 359 g/mol. The third-order valence-corrected chi connectivity index (χ3v) is 4.43. The molecule has 0 fully saturated rings. The molecule has 0 aliphatic carbocycles. The SMILES string of the molecule is CCNC(=NCC(C)(O)c1cnn(C)c1)NCCCN(C)c1cccc(F)c1. The second kappa shape index (κ2) is 10.1. The molecule has 28 heavy (non-hydrogen) atoms. The third-order valence-electron chi connectivity index (χ3n) is 4.43. The van der Waals surface area contributed by atoms with Gasteiger partial charge in [0.25, 0.3) is 0 Å². The minimum absolute atomic E-state index is 0.219. The Morgan fingerprint density at radius 3 is 2.82 bits per heavy atom. The van der Waals surface area contributed by atoms with Crippen molar-refractivity contribution in [2.75, 3.05) is 38.1 Å². The Morgan fingerprint density at radius 2 is 2.18 bits per heavy atom. The minimum atomic E-state index is -1.09. The van der Waals surface area contributed by atoms with E-state index in [-0.39, 0.29) is 12.4 Å². The molecule has 0 radical (unpaired) electrons. The summed E-state index contributed by atoms with van der Waals surface area (Å²) >= 11 is 0. The van der Waals surface area contributed by atoms with E-state index in [1.807, 2.05) is 32.0 Å². The van der Waals surface area contributed by atoms with Gasteiger partial charge in [0.1, 0.15) is 11.4 Å². The molecule has 0 bridgehead atoms. The zero-order chi connectivity index (χ0) is 20.6. The molecule has 0 saturated heterocycles. The average molecular weight is 391 g/mol. The number of benzene rings is 1. The third kappa shape index (κ3) is 6.53. The molecule has 1 aromatic heterocycles. The number of nitrogens with one attached hydrogen (secondary N) is 2. The molecule has 7 nitrogen and oxygen atoms in total. The summed E-state index contributed by atoms with van der Waals surface area (Å²) in [5.74, 6) is 0.421. The van der Waals surface area contributed by atoms with Crippen molar-refractivity contribution < 1.29 is 9.50 Å². The first kappa shape index (κ1) is 21.7. The van der Waals surface area contributed by atoms with E-state index >= 15 is 0 Å². The number of aryl methyl sites for hydroxylation is 1. The molecule has 0 spiro atoms. The highest BCUT2D eigenvalue weighted by Crippen LogP contribution is 2.19. The van der Waals surface area contributed by atoms with Gasteiger partial charge >= 0.3 is 0 Å². The molecule has 154 valence electrons. The number of aliphatic hydroxyl groups is 1. The van der Waals surface area contributed by atoms with Gasteiger partial charge in [-0.25, -0.2) is 9.38 Å². The second-order valence-electron chi connectivity index (χ2n) is 7.05. The molecule has 1 aromatic carbocycles. The molecule has 8 heteroatoms. The lowest BCUT2D eigenvalue weighted by atomic mass is 10.0. The molecule has 1 atom stereocenters. The van der Waals surface area contributed by atoms with Crippen LogP contribution in [-0.2, 0) is 12.6 Å². The summed E-state index contributed by atoms with van der Waals surface area (Å²) in [6.07, 6.45) is 4.30.